The standard InChI is InChI=1S/C13H8BrN/c1-15-7-6-12-8-10-4-2-3-5-11(10)9-13(12)14/h2-9H/b7-6-. The topological polar surface area (TPSA) is 4.36 Å². The Morgan fingerprint density at radius 3 is 2.47 bits per heavy atom. The van der Waals surface area contributed by atoms with Gasteiger partial charge in [0.15, 0.2) is 6.20 Å². The molecule has 2 aromatic carbocycles. The molecule has 2 heteroatoms. The molecule has 0 saturated heterocycles. The molecular formula is C13H8BrN. The Labute approximate surface area is 97.0 Å². The van der Waals surface area contributed by atoms with E-state index in [2.05, 4.69) is 45.0 Å². The second-order valence-electron chi connectivity index (χ2n) is 3.17. The van der Waals surface area contributed by atoms with Crippen molar-refractivity contribution >= 4 is 32.8 Å². The molecule has 0 atom stereocenters. The molecule has 2 aromatic rings. The van der Waals surface area contributed by atoms with Gasteiger partial charge in [-0.05, 0) is 28.5 Å². The summed E-state index contributed by atoms with van der Waals surface area (Å²) in [5.41, 5.74) is 1.03. The van der Waals surface area contributed by atoms with Crippen LogP contribution in [0, 0.1) is 6.57 Å². The normalized spacial score (nSPS) is 10.7. The molecule has 0 aliphatic carbocycles. The van der Waals surface area contributed by atoms with Gasteiger partial charge in [0, 0.05) is 4.47 Å². The first kappa shape index (κ1) is 9.95. The van der Waals surface area contributed by atoms with Gasteiger partial charge in [-0.3, -0.25) is 0 Å². The maximum absolute atomic E-state index is 6.71. The Balaban J connectivity index is 2.63. The van der Waals surface area contributed by atoms with E-state index in [-0.39, 0.29) is 0 Å². The van der Waals surface area contributed by atoms with Crippen molar-refractivity contribution in [2.45, 2.75) is 0 Å². The Morgan fingerprint density at radius 1 is 1.13 bits per heavy atom. The predicted octanol–water partition coefficient (Wildman–Crippen LogP) is 4.49. The second kappa shape index (κ2) is 4.29. The van der Waals surface area contributed by atoms with Crippen LogP contribution < -0.4 is 0 Å². The van der Waals surface area contributed by atoms with E-state index < -0.39 is 0 Å². The van der Waals surface area contributed by atoms with Crippen LogP contribution in [-0.2, 0) is 0 Å². The average molecular weight is 258 g/mol. The van der Waals surface area contributed by atoms with Gasteiger partial charge in [0.1, 0.15) is 0 Å². The minimum Gasteiger partial charge on any atom is -0.246 e. The molecule has 0 N–H and O–H groups in total. The van der Waals surface area contributed by atoms with E-state index in [9.17, 15) is 0 Å². The molecule has 0 bridgehead atoms. The number of halogens is 1. The van der Waals surface area contributed by atoms with Crippen LogP contribution in [0.3, 0.4) is 0 Å². The highest BCUT2D eigenvalue weighted by molar-refractivity contribution is 9.10. The maximum atomic E-state index is 6.71. The van der Waals surface area contributed by atoms with Crippen molar-refractivity contribution in [2.75, 3.05) is 0 Å². The van der Waals surface area contributed by atoms with Gasteiger partial charge < -0.3 is 0 Å². The molecule has 72 valence electrons. The lowest BCUT2D eigenvalue weighted by Crippen LogP contribution is -1.78. The summed E-state index contributed by atoms with van der Waals surface area (Å²) in [5.74, 6) is 0. The zero-order valence-electron chi connectivity index (χ0n) is 7.94. The molecule has 0 aliphatic heterocycles. The zero-order valence-corrected chi connectivity index (χ0v) is 9.53. The van der Waals surface area contributed by atoms with Crippen LogP contribution in [-0.4, -0.2) is 0 Å². The monoisotopic (exact) mass is 257 g/mol. The fraction of sp³-hybridized carbons (Fsp3) is 0. The number of nitrogens with zero attached hydrogens (tertiary/aromatic N) is 1. The third kappa shape index (κ3) is 2.08. The van der Waals surface area contributed by atoms with Crippen LogP contribution in [0.1, 0.15) is 5.56 Å². The van der Waals surface area contributed by atoms with Crippen molar-refractivity contribution in [2.24, 2.45) is 0 Å². The number of fused-ring (bicyclic) bond motifs is 1. The van der Waals surface area contributed by atoms with Crippen LogP contribution in [0.4, 0.5) is 0 Å². The third-order valence-corrected chi connectivity index (χ3v) is 2.88. The highest BCUT2D eigenvalue weighted by Crippen LogP contribution is 2.25. The van der Waals surface area contributed by atoms with Crippen LogP contribution >= 0.6 is 15.9 Å². The summed E-state index contributed by atoms with van der Waals surface area (Å²) >= 11 is 3.49. The van der Waals surface area contributed by atoms with Gasteiger partial charge in [0.25, 0.3) is 0 Å². The molecule has 0 aliphatic rings. The van der Waals surface area contributed by atoms with Gasteiger partial charge in [-0.2, -0.15) is 0 Å². The Kier molecular flexibility index (Phi) is 2.84. The fourth-order valence-electron chi connectivity index (χ4n) is 1.48. The molecule has 0 heterocycles. The summed E-state index contributed by atoms with van der Waals surface area (Å²) in [4.78, 5) is 3.20. The number of rotatable bonds is 1. The largest absolute Gasteiger partial charge is 0.246 e. The summed E-state index contributed by atoms with van der Waals surface area (Å²) in [6.45, 7) is 6.71. The average Bonchev–Trinajstić information content (AvgIpc) is 2.26. The molecule has 0 saturated carbocycles. The molecule has 0 aromatic heterocycles. The lowest BCUT2D eigenvalue weighted by Gasteiger charge is -2.02. The summed E-state index contributed by atoms with van der Waals surface area (Å²) < 4.78 is 1.01. The highest BCUT2D eigenvalue weighted by Gasteiger charge is 1.98. The van der Waals surface area contributed by atoms with Gasteiger partial charge in [-0.1, -0.05) is 46.3 Å². The minimum atomic E-state index is 1.01. The van der Waals surface area contributed by atoms with E-state index in [1.54, 1.807) is 0 Å². The predicted molar refractivity (Wildman–Crippen MR) is 67.3 cm³/mol. The van der Waals surface area contributed by atoms with E-state index in [0.29, 0.717) is 0 Å². The molecule has 0 radical (unpaired) electrons. The van der Waals surface area contributed by atoms with E-state index >= 15 is 0 Å². The molecule has 0 unspecified atom stereocenters. The second-order valence-corrected chi connectivity index (χ2v) is 4.02. The number of hydrogen-bond donors (Lipinski definition) is 0. The molecule has 2 rings (SSSR count). The molecule has 0 spiro atoms. The summed E-state index contributed by atoms with van der Waals surface area (Å²) in [6, 6.07) is 12.3. The maximum Gasteiger partial charge on any atom is 0.154 e. The van der Waals surface area contributed by atoms with Gasteiger partial charge >= 0.3 is 0 Å². The summed E-state index contributed by atoms with van der Waals surface area (Å²) in [6.07, 6.45) is 3.28. The molecule has 1 nitrogen and oxygen atoms in total. The van der Waals surface area contributed by atoms with E-state index in [1.807, 2.05) is 18.2 Å². The van der Waals surface area contributed by atoms with E-state index in [4.69, 9.17) is 6.57 Å². The smallest absolute Gasteiger partial charge is 0.154 e. The Bertz CT molecular complexity index is 564. The van der Waals surface area contributed by atoms with Crippen LogP contribution in [0.2, 0.25) is 0 Å². The molecule has 0 fully saturated rings. The van der Waals surface area contributed by atoms with Crippen LogP contribution in [0.5, 0.6) is 0 Å². The van der Waals surface area contributed by atoms with Crippen LogP contribution in [0.25, 0.3) is 21.7 Å². The SMILES string of the molecule is [C-]#[N+]/C=C\c1cc2ccccc2cc1Br. The van der Waals surface area contributed by atoms with Crippen molar-refractivity contribution in [1.29, 1.82) is 0 Å². The zero-order chi connectivity index (χ0) is 10.7. The Morgan fingerprint density at radius 2 is 1.80 bits per heavy atom. The molecule has 0 amide bonds. The first-order valence-electron chi connectivity index (χ1n) is 4.52. The summed E-state index contributed by atoms with van der Waals surface area (Å²) in [5, 5.41) is 2.38. The fourth-order valence-corrected chi connectivity index (χ4v) is 1.97. The van der Waals surface area contributed by atoms with Crippen molar-refractivity contribution in [3.63, 3.8) is 0 Å². The van der Waals surface area contributed by atoms with Crippen molar-refractivity contribution in [1.82, 2.24) is 0 Å². The van der Waals surface area contributed by atoms with Gasteiger partial charge in [0.05, 0.1) is 6.57 Å². The Hall–Kier alpha value is -1.59. The first-order chi connectivity index (χ1) is 7.31. The molecular weight excluding hydrogens is 250 g/mol. The minimum absolute atomic E-state index is 1.01. The third-order valence-electron chi connectivity index (χ3n) is 2.19. The summed E-state index contributed by atoms with van der Waals surface area (Å²) in [7, 11) is 0. The van der Waals surface area contributed by atoms with E-state index in [1.165, 1.54) is 17.0 Å². The van der Waals surface area contributed by atoms with Gasteiger partial charge in [0.2, 0.25) is 0 Å². The molecule has 15 heavy (non-hydrogen) atoms. The quantitative estimate of drug-likeness (QED) is 0.663. The van der Waals surface area contributed by atoms with Crippen molar-refractivity contribution < 1.29 is 0 Å². The van der Waals surface area contributed by atoms with Crippen molar-refractivity contribution in [3.8, 4) is 0 Å². The van der Waals surface area contributed by atoms with Gasteiger partial charge in [-0.15, -0.1) is 0 Å². The first-order valence-corrected chi connectivity index (χ1v) is 5.32. The van der Waals surface area contributed by atoms with E-state index in [0.717, 1.165) is 10.0 Å². The number of benzene rings is 2. The highest BCUT2D eigenvalue weighted by atomic mass is 79.9. The lowest BCUT2D eigenvalue weighted by atomic mass is 10.1. The van der Waals surface area contributed by atoms with Crippen molar-refractivity contribution in [3.05, 3.63) is 64.1 Å². The van der Waals surface area contributed by atoms with Crippen LogP contribution in [0.15, 0.2) is 47.1 Å². The van der Waals surface area contributed by atoms with Gasteiger partial charge in [-0.25, -0.2) is 4.85 Å². The number of hydrogen-bond acceptors (Lipinski definition) is 0. The lowest BCUT2D eigenvalue weighted by molar-refractivity contribution is 1.65.